The average molecular weight is 504 g/mol. The van der Waals surface area contributed by atoms with E-state index in [1.165, 1.54) is 7.11 Å². The highest BCUT2D eigenvalue weighted by Crippen LogP contribution is 2.38. The van der Waals surface area contributed by atoms with Gasteiger partial charge in [0.25, 0.3) is 5.91 Å². The summed E-state index contributed by atoms with van der Waals surface area (Å²) in [7, 11) is 1.33. The molecule has 1 aliphatic heterocycles. The summed E-state index contributed by atoms with van der Waals surface area (Å²) in [5, 5.41) is 6.39. The van der Waals surface area contributed by atoms with Crippen LogP contribution in [0.25, 0.3) is 22.3 Å². The minimum atomic E-state index is -0.456. The van der Waals surface area contributed by atoms with Gasteiger partial charge in [-0.3, -0.25) is 4.79 Å². The number of nitrogens with zero attached hydrogens (tertiary/aromatic N) is 3. The highest BCUT2D eigenvalue weighted by molar-refractivity contribution is 6.37. The van der Waals surface area contributed by atoms with Crippen LogP contribution in [0.3, 0.4) is 0 Å². The number of hydrogen-bond donors (Lipinski definition) is 2. The lowest BCUT2D eigenvalue weighted by molar-refractivity contribution is -0.110. The van der Waals surface area contributed by atoms with Gasteiger partial charge in [-0.25, -0.2) is 9.78 Å². The third-order valence-corrected chi connectivity index (χ3v) is 6.65. The molecule has 0 saturated heterocycles. The molecule has 1 aliphatic rings. The fourth-order valence-electron chi connectivity index (χ4n) is 4.76. The summed E-state index contributed by atoms with van der Waals surface area (Å²) >= 11 is 0. The van der Waals surface area contributed by atoms with E-state index < -0.39 is 5.97 Å². The lowest BCUT2D eigenvalue weighted by atomic mass is 9.99. The molecule has 0 fully saturated rings. The number of nitrogens with one attached hydrogen (secondary N) is 2. The van der Waals surface area contributed by atoms with Crippen LogP contribution in [0.1, 0.15) is 21.5 Å². The molecule has 8 heteroatoms. The van der Waals surface area contributed by atoms with Gasteiger partial charge in [0.2, 0.25) is 0 Å². The van der Waals surface area contributed by atoms with E-state index in [0.717, 1.165) is 35.4 Å². The Morgan fingerprint density at radius 3 is 2.55 bits per heavy atom. The standard InChI is InChI=1S/C30H25N5O3/c1-38-30(37)21-9-11-23-24(17-21)33-29(36)27(23)28(20-7-3-2-4-8-20)32-22-10-12-26-25(18-22)31-19-35(26)16-15-34-13-5-6-14-34/h2-14,17-19,32H,15-16H2,1H3,(H,33,36)/b28-27-. The smallest absolute Gasteiger partial charge is 0.337 e. The molecule has 38 heavy (non-hydrogen) atoms. The number of methoxy groups -OCH3 is 1. The summed E-state index contributed by atoms with van der Waals surface area (Å²) in [5.74, 6) is -0.703. The van der Waals surface area contributed by atoms with Crippen molar-refractivity contribution < 1.29 is 14.3 Å². The zero-order valence-electron chi connectivity index (χ0n) is 20.7. The first-order chi connectivity index (χ1) is 18.6. The molecule has 3 aromatic carbocycles. The summed E-state index contributed by atoms with van der Waals surface area (Å²) in [5.41, 5.74) is 6.39. The number of imidazole rings is 1. The molecule has 3 heterocycles. The Kier molecular flexibility index (Phi) is 5.97. The highest BCUT2D eigenvalue weighted by Gasteiger charge is 2.29. The number of ether oxygens (including phenoxy) is 1. The van der Waals surface area contributed by atoms with Crippen LogP contribution in [0.2, 0.25) is 0 Å². The summed E-state index contributed by atoms with van der Waals surface area (Å²) in [4.78, 5) is 29.9. The molecular weight excluding hydrogens is 478 g/mol. The third kappa shape index (κ3) is 4.32. The number of benzene rings is 3. The maximum Gasteiger partial charge on any atom is 0.337 e. The molecule has 5 aromatic rings. The van der Waals surface area contributed by atoms with E-state index in [-0.39, 0.29) is 5.91 Å². The predicted molar refractivity (Wildman–Crippen MR) is 147 cm³/mol. The van der Waals surface area contributed by atoms with Crippen molar-refractivity contribution in [2.75, 3.05) is 17.7 Å². The summed E-state index contributed by atoms with van der Waals surface area (Å²) in [6.45, 7) is 1.66. The quantitative estimate of drug-likeness (QED) is 0.234. The monoisotopic (exact) mass is 503 g/mol. The van der Waals surface area contributed by atoms with Gasteiger partial charge in [0.15, 0.2) is 0 Å². The van der Waals surface area contributed by atoms with E-state index in [1.807, 2.05) is 79.4 Å². The Balaban J connectivity index is 1.37. The average Bonchev–Trinajstić information content (AvgIpc) is 3.68. The second-order valence-electron chi connectivity index (χ2n) is 9.01. The Hall–Kier alpha value is -5.11. The first kappa shape index (κ1) is 23.3. The van der Waals surface area contributed by atoms with Gasteiger partial charge in [-0.1, -0.05) is 36.4 Å². The Morgan fingerprint density at radius 1 is 0.947 bits per heavy atom. The first-order valence-electron chi connectivity index (χ1n) is 12.3. The Labute approximate surface area is 219 Å². The Bertz CT molecular complexity index is 1680. The van der Waals surface area contributed by atoms with Gasteiger partial charge >= 0.3 is 5.97 Å². The maximum atomic E-state index is 13.2. The fourth-order valence-corrected chi connectivity index (χ4v) is 4.76. The van der Waals surface area contributed by atoms with Crippen LogP contribution in [-0.4, -0.2) is 33.1 Å². The molecule has 0 unspecified atom stereocenters. The van der Waals surface area contributed by atoms with Crippen LogP contribution < -0.4 is 10.6 Å². The minimum absolute atomic E-state index is 0.247. The largest absolute Gasteiger partial charge is 0.465 e. The van der Waals surface area contributed by atoms with Gasteiger partial charge < -0.3 is 24.5 Å². The molecule has 188 valence electrons. The van der Waals surface area contributed by atoms with Crippen LogP contribution in [0.5, 0.6) is 0 Å². The van der Waals surface area contributed by atoms with Crippen molar-refractivity contribution >= 4 is 45.6 Å². The van der Waals surface area contributed by atoms with Crippen LogP contribution >= 0.6 is 0 Å². The van der Waals surface area contributed by atoms with Crippen molar-refractivity contribution in [1.29, 1.82) is 0 Å². The number of fused-ring (bicyclic) bond motifs is 2. The van der Waals surface area contributed by atoms with Crippen molar-refractivity contribution in [3.8, 4) is 0 Å². The number of carbonyl (C=O) groups excluding carboxylic acids is 2. The van der Waals surface area contributed by atoms with Gasteiger partial charge in [-0.15, -0.1) is 0 Å². The van der Waals surface area contributed by atoms with Crippen LogP contribution in [0, 0.1) is 0 Å². The number of esters is 1. The predicted octanol–water partition coefficient (Wildman–Crippen LogP) is 5.26. The van der Waals surface area contributed by atoms with E-state index in [4.69, 9.17) is 4.74 Å². The second-order valence-corrected chi connectivity index (χ2v) is 9.01. The SMILES string of the molecule is COC(=O)c1ccc2c(c1)NC(=O)/C2=C(\Nc1ccc2c(c1)ncn2CCn1cccc1)c1ccccc1. The topological polar surface area (TPSA) is 90.2 Å². The van der Waals surface area contributed by atoms with Crippen molar-refractivity contribution in [1.82, 2.24) is 14.1 Å². The van der Waals surface area contributed by atoms with Crippen molar-refractivity contribution in [2.45, 2.75) is 13.1 Å². The fraction of sp³-hybridized carbons (Fsp3) is 0.100. The number of aryl methyl sites for hydroxylation is 2. The molecular formula is C30H25N5O3. The van der Waals surface area contributed by atoms with E-state index in [9.17, 15) is 9.59 Å². The molecule has 0 bridgehead atoms. The van der Waals surface area contributed by atoms with Gasteiger partial charge in [0, 0.05) is 36.7 Å². The third-order valence-electron chi connectivity index (χ3n) is 6.65. The summed E-state index contributed by atoms with van der Waals surface area (Å²) in [6, 6.07) is 24.8. The van der Waals surface area contributed by atoms with Gasteiger partial charge in [0.05, 0.1) is 47.0 Å². The van der Waals surface area contributed by atoms with Crippen molar-refractivity contribution in [2.24, 2.45) is 0 Å². The summed E-state index contributed by atoms with van der Waals surface area (Å²) in [6.07, 6.45) is 5.95. The van der Waals surface area contributed by atoms with Crippen molar-refractivity contribution in [3.05, 3.63) is 114 Å². The molecule has 0 radical (unpaired) electrons. The first-order valence-corrected chi connectivity index (χ1v) is 12.3. The number of hydrogen-bond acceptors (Lipinski definition) is 5. The number of amides is 1. The number of rotatable bonds is 7. The van der Waals surface area contributed by atoms with Crippen LogP contribution in [0.15, 0.2) is 97.6 Å². The Morgan fingerprint density at radius 2 is 1.76 bits per heavy atom. The molecule has 0 spiro atoms. The normalized spacial score (nSPS) is 13.8. The van der Waals surface area contributed by atoms with Crippen LogP contribution in [0.4, 0.5) is 11.4 Å². The number of anilines is 2. The van der Waals surface area contributed by atoms with Crippen molar-refractivity contribution in [3.63, 3.8) is 0 Å². The van der Waals surface area contributed by atoms with Gasteiger partial charge in [0.1, 0.15) is 0 Å². The van der Waals surface area contributed by atoms with E-state index in [2.05, 4.69) is 24.8 Å². The molecule has 0 aliphatic carbocycles. The number of aromatic nitrogens is 3. The van der Waals surface area contributed by atoms with Gasteiger partial charge in [-0.2, -0.15) is 0 Å². The zero-order chi connectivity index (χ0) is 26.1. The molecule has 6 rings (SSSR count). The molecule has 2 N–H and O–H groups in total. The minimum Gasteiger partial charge on any atom is -0.465 e. The highest BCUT2D eigenvalue weighted by atomic mass is 16.5. The van der Waals surface area contributed by atoms with E-state index in [0.29, 0.717) is 28.1 Å². The van der Waals surface area contributed by atoms with Crippen LogP contribution in [-0.2, 0) is 22.6 Å². The molecule has 8 nitrogen and oxygen atoms in total. The molecule has 0 atom stereocenters. The molecule has 0 saturated carbocycles. The van der Waals surface area contributed by atoms with E-state index in [1.54, 1.807) is 18.2 Å². The molecule has 1 amide bonds. The van der Waals surface area contributed by atoms with E-state index >= 15 is 0 Å². The van der Waals surface area contributed by atoms with Gasteiger partial charge in [-0.05, 0) is 48.0 Å². The zero-order valence-corrected chi connectivity index (χ0v) is 20.7. The number of carbonyl (C=O) groups is 2. The lowest BCUT2D eigenvalue weighted by Gasteiger charge is -2.15. The lowest BCUT2D eigenvalue weighted by Crippen LogP contribution is -2.10. The second kappa shape index (κ2) is 9.74. The summed E-state index contributed by atoms with van der Waals surface area (Å²) < 4.78 is 9.10. The molecule has 2 aromatic heterocycles. The maximum absolute atomic E-state index is 13.2.